The minimum Gasteiger partial charge on any atom is -0.358 e. The van der Waals surface area contributed by atoms with Crippen molar-refractivity contribution in [3.63, 3.8) is 0 Å². The van der Waals surface area contributed by atoms with E-state index in [2.05, 4.69) is 25.9 Å². The van der Waals surface area contributed by atoms with Gasteiger partial charge in [0.15, 0.2) is 0 Å². The summed E-state index contributed by atoms with van der Waals surface area (Å²) in [6.45, 7) is 0.901. The molecule has 4 aromatic rings. The van der Waals surface area contributed by atoms with Crippen LogP contribution >= 0.6 is 23.2 Å². The van der Waals surface area contributed by atoms with Crippen LogP contribution in [0.4, 0.5) is 11.8 Å². The molecular formula is C30H33Cl2N7O. The number of aromatic nitrogens is 4. The number of imidazole rings is 1. The van der Waals surface area contributed by atoms with Crippen molar-refractivity contribution in [3.8, 4) is 5.82 Å². The Morgan fingerprint density at radius 2 is 1.68 bits per heavy atom. The number of benzene rings is 2. The standard InChI is InChI=1S/C30H33Cl2N7O/c31-24-10-4-8-22(14-24)18-34-29(40)26(16-21-6-2-1-3-7-21)36-27-17-28(39-13-12-33-20-39)38-30(37-27)35-19-23-9-5-11-25(32)15-23/h4-5,8-15,17,20-21,26H,1-3,6-7,16,18-19H2,(H,34,40)(H2,35,36,37,38). The van der Waals surface area contributed by atoms with Gasteiger partial charge in [-0.3, -0.25) is 9.36 Å². The summed E-state index contributed by atoms with van der Waals surface area (Å²) in [5, 5.41) is 11.2. The number of halogens is 2. The molecule has 2 heterocycles. The molecule has 40 heavy (non-hydrogen) atoms. The van der Waals surface area contributed by atoms with E-state index in [1.165, 1.54) is 19.3 Å². The smallest absolute Gasteiger partial charge is 0.242 e. The van der Waals surface area contributed by atoms with E-state index < -0.39 is 6.04 Å². The predicted octanol–water partition coefficient (Wildman–Crippen LogP) is 6.65. The largest absolute Gasteiger partial charge is 0.358 e. The lowest BCUT2D eigenvalue weighted by atomic mass is 9.84. The molecule has 2 aromatic carbocycles. The normalized spacial score (nSPS) is 14.4. The molecule has 0 bridgehead atoms. The molecule has 5 rings (SSSR count). The van der Waals surface area contributed by atoms with Crippen molar-refractivity contribution in [1.82, 2.24) is 24.8 Å². The Bertz CT molecular complexity index is 1410. The molecule has 8 nitrogen and oxygen atoms in total. The number of amides is 1. The summed E-state index contributed by atoms with van der Waals surface area (Å²) in [6, 6.07) is 16.6. The first kappa shape index (κ1) is 27.9. The Morgan fingerprint density at radius 3 is 2.35 bits per heavy atom. The second-order valence-electron chi connectivity index (χ2n) is 10.2. The molecule has 0 aliphatic heterocycles. The molecule has 10 heteroatoms. The highest BCUT2D eigenvalue weighted by molar-refractivity contribution is 6.30. The molecule has 0 spiro atoms. The summed E-state index contributed by atoms with van der Waals surface area (Å²) in [5.41, 5.74) is 1.96. The van der Waals surface area contributed by atoms with Crippen LogP contribution in [0.25, 0.3) is 5.82 Å². The molecule has 2 aromatic heterocycles. The number of anilines is 2. The van der Waals surface area contributed by atoms with E-state index in [1.54, 1.807) is 12.5 Å². The first-order valence-electron chi connectivity index (χ1n) is 13.7. The minimum absolute atomic E-state index is 0.0678. The van der Waals surface area contributed by atoms with Crippen molar-refractivity contribution >= 4 is 40.9 Å². The van der Waals surface area contributed by atoms with Crippen molar-refractivity contribution in [3.05, 3.63) is 94.5 Å². The Labute approximate surface area is 244 Å². The predicted molar refractivity (Wildman–Crippen MR) is 160 cm³/mol. The van der Waals surface area contributed by atoms with Gasteiger partial charge in [0.05, 0.1) is 0 Å². The average Bonchev–Trinajstić information content (AvgIpc) is 3.51. The lowest BCUT2D eigenvalue weighted by Gasteiger charge is -2.27. The average molecular weight is 579 g/mol. The summed E-state index contributed by atoms with van der Waals surface area (Å²) in [4.78, 5) is 27.1. The second-order valence-corrected chi connectivity index (χ2v) is 11.0. The zero-order valence-corrected chi connectivity index (χ0v) is 23.7. The number of hydrogen-bond donors (Lipinski definition) is 3. The van der Waals surface area contributed by atoms with Crippen LogP contribution in [0, 0.1) is 5.92 Å². The fraction of sp³-hybridized carbons (Fsp3) is 0.333. The summed E-state index contributed by atoms with van der Waals surface area (Å²) in [6.07, 6.45) is 11.9. The summed E-state index contributed by atoms with van der Waals surface area (Å²) in [7, 11) is 0. The lowest BCUT2D eigenvalue weighted by Crippen LogP contribution is -2.41. The van der Waals surface area contributed by atoms with Gasteiger partial charge in [0, 0.05) is 41.6 Å². The van der Waals surface area contributed by atoms with Crippen LogP contribution in [0.1, 0.15) is 49.7 Å². The van der Waals surface area contributed by atoms with Crippen LogP contribution in [0.15, 0.2) is 73.3 Å². The van der Waals surface area contributed by atoms with Gasteiger partial charge in [0.2, 0.25) is 11.9 Å². The molecule has 1 saturated carbocycles. The van der Waals surface area contributed by atoms with Crippen molar-refractivity contribution < 1.29 is 4.79 Å². The Morgan fingerprint density at radius 1 is 0.950 bits per heavy atom. The molecule has 1 fully saturated rings. The number of hydrogen-bond acceptors (Lipinski definition) is 6. The van der Waals surface area contributed by atoms with Crippen LogP contribution in [-0.2, 0) is 17.9 Å². The molecule has 1 aliphatic carbocycles. The number of carbonyl (C=O) groups excluding carboxylic acids is 1. The Kier molecular flexibility index (Phi) is 9.52. The third-order valence-corrected chi connectivity index (χ3v) is 7.58. The van der Waals surface area contributed by atoms with Crippen molar-refractivity contribution in [1.29, 1.82) is 0 Å². The van der Waals surface area contributed by atoms with Gasteiger partial charge in [-0.15, -0.1) is 0 Å². The molecule has 1 unspecified atom stereocenters. The van der Waals surface area contributed by atoms with Gasteiger partial charge in [-0.2, -0.15) is 9.97 Å². The van der Waals surface area contributed by atoms with Crippen LogP contribution in [-0.4, -0.2) is 31.5 Å². The highest BCUT2D eigenvalue weighted by atomic mass is 35.5. The number of nitrogens with one attached hydrogen (secondary N) is 3. The fourth-order valence-electron chi connectivity index (χ4n) is 5.07. The maximum Gasteiger partial charge on any atom is 0.242 e. The third kappa shape index (κ3) is 7.96. The van der Waals surface area contributed by atoms with Gasteiger partial charge < -0.3 is 16.0 Å². The van der Waals surface area contributed by atoms with Gasteiger partial charge in [-0.05, 0) is 47.7 Å². The first-order chi connectivity index (χ1) is 19.5. The van der Waals surface area contributed by atoms with Gasteiger partial charge >= 0.3 is 0 Å². The number of carbonyl (C=O) groups is 1. The van der Waals surface area contributed by atoms with Crippen molar-refractivity contribution in [2.24, 2.45) is 5.92 Å². The van der Waals surface area contributed by atoms with Gasteiger partial charge in [0.1, 0.15) is 24.0 Å². The van der Waals surface area contributed by atoms with E-state index in [-0.39, 0.29) is 5.91 Å². The van der Waals surface area contributed by atoms with E-state index in [0.717, 1.165) is 30.4 Å². The molecule has 1 atom stereocenters. The van der Waals surface area contributed by atoms with E-state index in [0.29, 0.717) is 46.6 Å². The molecule has 1 aliphatic rings. The van der Waals surface area contributed by atoms with Gasteiger partial charge in [-0.1, -0.05) is 79.6 Å². The Hall–Kier alpha value is -3.62. The van der Waals surface area contributed by atoms with Crippen LogP contribution < -0.4 is 16.0 Å². The zero-order chi connectivity index (χ0) is 27.7. The molecule has 1 amide bonds. The number of rotatable bonds is 11. The van der Waals surface area contributed by atoms with Crippen LogP contribution in [0.3, 0.4) is 0 Å². The van der Waals surface area contributed by atoms with E-state index in [9.17, 15) is 4.79 Å². The molecular weight excluding hydrogens is 545 g/mol. The van der Waals surface area contributed by atoms with Gasteiger partial charge in [0.25, 0.3) is 0 Å². The monoisotopic (exact) mass is 577 g/mol. The molecule has 3 N–H and O–H groups in total. The minimum atomic E-state index is -0.450. The summed E-state index contributed by atoms with van der Waals surface area (Å²) < 4.78 is 1.81. The highest BCUT2D eigenvalue weighted by Crippen LogP contribution is 2.28. The van der Waals surface area contributed by atoms with Crippen molar-refractivity contribution in [2.75, 3.05) is 10.6 Å². The van der Waals surface area contributed by atoms with Crippen molar-refractivity contribution in [2.45, 2.75) is 57.7 Å². The van der Waals surface area contributed by atoms with E-state index >= 15 is 0 Å². The SMILES string of the molecule is O=C(NCc1cccc(Cl)c1)C(CC1CCCCC1)Nc1cc(-n2ccnc2)nc(NCc2cccc(Cl)c2)n1. The summed E-state index contributed by atoms with van der Waals surface area (Å²) in [5.74, 6) is 2.05. The maximum absolute atomic E-state index is 13.5. The molecule has 208 valence electrons. The third-order valence-electron chi connectivity index (χ3n) is 7.11. The first-order valence-corrected chi connectivity index (χ1v) is 14.4. The zero-order valence-electron chi connectivity index (χ0n) is 22.2. The fourth-order valence-corrected chi connectivity index (χ4v) is 5.49. The summed E-state index contributed by atoms with van der Waals surface area (Å²) >= 11 is 12.3. The second kappa shape index (κ2) is 13.6. The molecule has 0 saturated heterocycles. The quantitative estimate of drug-likeness (QED) is 0.185. The van der Waals surface area contributed by atoms with Crippen LogP contribution in [0.2, 0.25) is 10.0 Å². The highest BCUT2D eigenvalue weighted by Gasteiger charge is 2.25. The maximum atomic E-state index is 13.5. The van der Waals surface area contributed by atoms with E-state index in [1.807, 2.05) is 65.4 Å². The van der Waals surface area contributed by atoms with E-state index in [4.69, 9.17) is 28.2 Å². The molecule has 0 radical (unpaired) electrons. The van der Waals surface area contributed by atoms with Crippen LogP contribution in [0.5, 0.6) is 0 Å². The topological polar surface area (TPSA) is 96.8 Å². The number of nitrogens with zero attached hydrogens (tertiary/aromatic N) is 4. The van der Waals surface area contributed by atoms with Gasteiger partial charge in [-0.25, -0.2) is 4.98 Å². The Balaban J connectivity index is 1.36. The lowest BCUT2D eigenvalue weighted by molar-refractivity contribution is -0.122.